The molecule has 0 heterocycles. The van der Waals surface area contributed by atoms with Crippen LogP contribution < -0.4 is 21.7 Å². The SMILES string of the molecule is CC(=O)c1ccc(CNC(=O)[C@@H](CCCNC(=N)N)NC(=O)C(c2ccccc2)c2ccccc2)cc1. The molecule has 0 aromatic heterocycles. The normalized spacial score (nSPS) is 11.4. The molecule has 3 aromatic rings. The molecule has 6 N–H and O–H groups in total. The van der Waals surface area contributed by atoms with Gasteiger partial charge >= 0.3 is 0 Å². The molecule has 0 aliphatic rings. The van der Waals surface area contributed by atoms with Crippen LogP contribution in [0.4, 0.5) is 0 Å². The fourth-order valence-electron chi connectivity index (χ4n) is 4.01. The van der Waals surface area contributed by atoms with Gasteiger partial charge in [0.05, 0.1) is 5.92 Å². The molecule has 0 saturated carbocycles. The number of guanidine groups is 1. The second-order valence-electron chi connectivity index (χ2n) is 8.77. The van der Waals surface area contributed by atoms with Crippen molar-refractivity contribution >= 4 is 23.6 Å². The highest BCUT2D eigenvalue weighted by Gasteiger charge is 2.27. The molecule has 37 heavy (non-hydrogen) atoms. The van der Waals surface area contributed by atoms with Crippen molar-refractivity contribution in [3.05, 3.63) is 107 Å². The van der Waals surface area contributed by atoms with Gasteiger partial charge in [-0.2, -0.15) is 0 Å². The summed E-state index contributed by atoms with van der Waals surface area (Å²) in [7, 11) is 0. The van der Waals surface area contributed by atoms with Crippen LogP contribution in [0.5, 0.6) is 0 Å². The largest absolute Gasteiger partial charge is 0.370 e. The van der Waals surface area contributed by atoms with Gasteiger partial charge in [-0.25, -0.2) is 0 Å². The fourth-order valence-corrected chi connectivity index (χ4v) is 4.01. The molecule has 3 rings (SSSR count). The molecule has 8 nitrogen and oxygen atoms in total. The second-order valence-corrected chi connectivity index (χ2v) is 8.77. The molecule has 1 atom stereocenters. The third-order valence-corrected chi connectivity index (χ3v) is 5.97. The third-order valence-electron chi connectivity index (χ3n) is 5.97. The average molecular weight is 500 g/mol. The van der Waals surface area contributed by atoms with E-state index in [2.05, 4.69) is 16.0 Å². The summed E-state index contributed by atoms with van der Waals surface area (Å²) >= 11 is 0. The van der Waals surface area contributed by atoms with Crippen LogP contribution in [-0.4, -0.2) is 36.1 Å². The van der Waals surface area contributed by atoms with E-state index in [1.165, 1.54) is 6.92 Å². The summed E-state index contributed by atoms with van der Waals surface area (Å²) in [6.07, 6.45) is 0.879. The molecule has 0 unspecified atom stereocenters. The van der Waals surface area contributed by atoms with E-state index in [0.29, 0.717) is 24.9 Å². The molecule has 2 amide bonds. The summed E-state index contributed by atoms with van der Waals surface area (Å²) in [6, 6.07) is 25.2. The zero-order valence-corrected chi connectivity index (χ0v) is 20.9. The highest BCUT2D eigenvalue weighted by molar-refractivity contribution is 5.94. The zero-order chi connectivity index (χ0) is 26.6. The minimum absolute atomic E-state index is 0.0241. The number of nitrogens with one attached hydrogen (secondary N) is 4. The Morgan fingerprint density at radius 3 is 1.89 bits per heavy atom. The number of nitrogens with two attached hydrogens (primary N) is 1. The molecule has 0 radical (unpaired) electrons. The van der Waals surface area contributed by atoms with Crippen LogP contribution in [0.15, 0.2) is 84.9 Å². The van der Waals surface area contributed by atoms with E-state index in [4.69, 9.17) is 11.1 Å². The highest BCUT2D eigenvalue weighted by Crippen LogP contribution is 2.25. The smallest absolute Gasteiger partial charge is 0.242 e. The van der Waals surface area contributed by atoms with Gasteiger partial charge in [-0.3, -0.25) is 19.8 Å². The Morgan fingerprint density at radius 1 is 0.811 bits per heavy atom. The van der Waals surface area contributed by atoms with Crippen LogP contribution in [0.1, 0.15) is 52.7 Å². The Labute approximate surface area is 217 Å². The van der Waals surface area contributed by atoms with Gasteiger partial charge < -0.3 is 21.7 Å². The summed E-state index contributed by atoms with van der Waals surface area (Å²) in [6.45, 7) is 2.17. The van der Waals surface area contributed by atoms with E-state index in [9.17, 15) is 14.4 Å². The van der Waals surface area contributed by atoms with Gasteiger partial charge in [0.2, 0.25) is 11.8 Å². The van der Waals surface area contributed by atoms with E-state index in [1.807, 2.05) is 60.7 Å². The van der Waals surface area contributed by atoms with Gasteiger partial charge in [0, 0.05) is 18.7 Å². The average Bonchev–Trinajstić information content (AvgIpc) is 2.90. The van der Waals surface area contributed by atoms with Gasteiger partial charge in [-0.05, 0) is 36.5 Å². The van der Waals surface area contributed by atoms with Gasteiger partial charge in [0.15, 0.2) is 11.7 Å². The maximum atomic E-state index is 13.6. The molecule has 0 fully saturated rings. The lowest BCUT2D eigenvalue weighted by molar-refractivity contribution is -0.129. The first-order valence-electron chi connectivity index (χ1n) is 12.2. The van der Waals surface area contributed by atoms with E-state index in [0.717, 1.165) is 16.7 Å². The summed E-state index contributed by atoms with van der Waals surface area (Å²) in [5, 5.41) is 15.9. The maximum absolute atomic E-state index is 13.6. The van der Waals surface area contributed by atoms with Crippen LogP contribution in [0, 0.1) is 5.41 Å². The summed E-state index contributed by atoms with van der Waals surface area (Å²) < 4.78 is 0. The lowest BCUT2D eigenvalue weighted by Gasteiger charge is -2.23. The first-order valence-corrected chi connectivity index (χ1v) is 12.2. The van der Waals surface area contributed by atoms with E-state index >= 15 is 0 Å². The number of carbonyl (C=O) groups excluding carboxylic acids is 3. The van der Waals surface area contributed by atoms with Crippen molar-refractivity contribution in [3.63, 3.8) is 0 Å². The van der Waals surface area contributed by atoms with Crippen LogP contribution >= 0.6 is 0 Å². The van der Waals surface area contributed by atoms with Gasteiger partial charge in [-0.1, -0.05) is 84.9 Å². The van der Waals surface area contributed by atoms with Gasteiger partial charge in [0.25, 0.3) is 0 Å². The van der Waals surface area contributed by atoms with Crippen LogP contribution in [0.3, 0.4) is 0 Å². The Morgan fingerprint density at radius 2 is 1.38 bits per heavy atom. The number of hydrogen-bond donors (Lipinski definition) is 5. The Hall–Kier alpha value is -4.46. The number of rotatable bonds is 12. The third kappa shape index (κ3) is 8.31. The van der Waals surface area contributed by atoms with Crippen molar-refractivity contribution < 1.29 is 14.4 Å². The van der Waals surface area contributed by atoms with Crippen LogP contribution in [0.25, 0.3) is 0 Å². The molecular formula is C29H33N5O3. The molecule has 8 heteroatoms. The molecule has 0 saturated heterocycles. The minimum Gasteiger partial charge on any atom is -0.370 e. The highest BCUT2D eigenvalue weighted by atomic mass is 16.2. The van der Waals surface area contributed by atoms with Crippen LogP contribution in [-0.2, 0) is 16.1 Å². The predicted molar refractivity (Wildman–Crippen MR) is 144 cm³/mol. The number of hydrogen-bond acceptors (Lipinski definition) is 4. The van der Waals surface area contributed by atoms with Crippen molar-refractivity contribution in [2.45, 2.75) is 38.3 Å². The van der Waals surface area contributed by atoms with Crippen molar-refractivity contribution in [1.29, 1.82) is 5.41 Å². The monoisotopic (exact) mass is 499 g/mol. The molecule has 0 bridgehead atoms. The Kier molecular flexibility index (Phi) is 9.96. The van der Waals surface area contributed by atoms with E-state index < -0.39 is 12.0 Å². The summed E-state index contributed by atoms with van der Waals surface area (Å²) in [5.41, 5.74) is 8.46. The maximum Gasteiger partial charge on any atom is 0.242 e. The molecule has 0 aliphatic heterocycles. The van der Waals surface area contributed by atoms with Gasteiger partial charge in [-0.15, -0.1) is 0 Å². The number of Topliss-reactive ketones (excluding diaryl/α,β-unsaturated/α-hetero) is 1. The molecular weight excluding hydrogens is 466 g/mol. The number of carbonyl (C=O) groups is 3. The van der Waals surface area contributed by atoms with Gasteiger partial charge in [0.1, 0.15) is 6.04 Å². The van der Waals surface area contributed by atoms with Crippen molar-refractivity contribution in [2.75, 3.05) is 6.54 Å². The van der Waals surface area contributed by atoms with Crippen LogP contribution in [0.2, 0.25) is 0 Å². The molecule has 192 valence electrons. The second kappa shape index (κ2) is 13.6. The summed E-state index contributed by atoms with van der Waals surface area (Å²) in [4.78, 5) is 38.3. The first-order chi connectivity index (χ1) is 17.8. The van der Waals surface area contributed by atoms with E-state index in [1.54, 1.807) is 24.3 Å². The fraction of sp³-hybridized carbons (Fsp3) is 0.241. The topological polar surface area (TPSA) is 137 Å². The minimum atomic E-state index is -0.785. The number of ketones is 1. The molecule has 3 aromatic carbocycles. The zero-order valence-electron chi connectivity index (χ0n) is 20.9. The van der Waals surface area contributed by atoms with Crippen molar-refractivity contribution in [1.82, 2.24) is 16.0 Å². The molecule has 0 aliphatic carbocycles. The first kappa shape index (κ1) is 27.1. The predicted octanol–water partition coefficient (Wildman–Crippen LogP) is 3.09. The van der Waals surface area contributed by atoms with E-state index in [-0.39, 0.29) is 30.1 Å². The molecule has 0 spiro atoms. The Bertz CT molecular complexity index is 1160. The van der Waals surface area contributed by atoms with Crippen molar-refractivity contribution in [2.24, 2.45) is 5.73 Å². The quantitative estimate of drug-likeness (QED) is 0.113. The lowest BCUT2D eigenvalue weighted by Crippen LogP contribution is -2.48. The number of amides is 2. The standard InChI is InChI=1S/C29H33N5O3/c1-20(35)22-16-14-21(15-17-22)19-33-27(36)25(13-8-18-32-29(30)31)34-28(37)26(23-9-4-2-5-10-23)24-11-6-3-7-12-24/h2-7,9-12,14-17,25-26H,8,13,18-19H2,1H3,(H,33,36)(H,34,37)(H4,30,31,32)/t25-/m1/s1. The Balaban J connectivity index is 1.75. The lowest BCUT2D eigenvalue weighted by atomic mass is 9.90. The summed E-state index contributed by atoms with van der Waals surface area (Å²) in [5.74, 6) is -1.34. The number of benzene rings is 3. The van der Waals surface area contributed by atoms with Crippen molar-refractivity contribution in [3.8, 4) is 0 Å².